The van der Waals surface area contributed by atoms with Crippen molar-refractivity contribution >= 4 is 45.9 Å². The molecule has 8 fully saturated rings. The van der Waals surface area contributed by atoms with Crippen molar-refractivity contribution in [3.63, 3.8) is 0 Å². The van der Waals surface area contributed by atoms with E-state index in [0.717, 1.165) is 108 Å². The Morgan fingerprint density at radius 1 is 0.860 bits per heavy atom. The van der Waals surface area contributed by atoms with Crippen LogP contribution >= 0.6 is 0 Å². The fourth-order valence-corrected chi connectivity index (χ4v) is 12.4. The summed E-state index contributed by atoms with van der Waals surface area (Å²) in [7, 11) is 1.65. The van der Waals surface area contributed by atoms with Gasteiger partial charge in [-0.05, 0) is 131 Å². The average molecular weight is 765 g/mol. The van der Waals surface area contributed by atoms with E-state index in [9.17, 15) is 9.59 Å². The summed E-state index contributed by atoms with van der Waals surface area (Å²) in [6.45, 7) is 4.46. The van der Waals surface area contributed by atoms with E-state index in [2.05, 4.69) is 54.2 Å². The van der Waals surface area contributed by atoms with Crippen LogP contribution in [0.4, 0.5) is 17.2 Å². The lowest BCUT2D eigenvalue weighted by atomic mass is 9.44. The average Bonchev–Trinajstić information content (AvgIpc) is 3.47. The Labute approximate surface area is 333 Å². The molecule has 57 heavy (non-hydrogen) atoms. The highest BCUT2D eigenvalue weighted by molar-refractivity contribution is 6.09. The third-order valence-electron chi connectivity index (χ3n) is 15.9. The molecule has 3 aliphatic heterocycles. The fraction of sp³-hybridized carbons (Fsp3) is 0.543. The van der Waals surface area contributed by atoms with Gasteiger partial charge < -0.3 is 25.0 Å². The van der Waals surface area contributed by atoms with Crippen molar-refractivity contribution in [1.82, 2.24) is 29.7 Å². The lowest BCUT2D eigenvalue weighted by molar-refractivity contribution is -0.178. The summed E-state index contributed by atoms with van der Waals surface area (Å²) in [5, 5.41) is 6.35. The Hall–Kier alpha value is -4.77. The first-order valence-electron chi connectivity index (χ1n) is 21.7. The Balaban J connectivity index is 0.904. The van der Waals surface area contributed by atoms with Crippen molar-refractivity contribution < 1.29 is 14.4 Å². The quantitative estimate of drug-likeness (QED) is 0.201. The lowest BCUT2D eigenvalue weighted by Crippen LogP contribution is -2.63. The van der Waals surface area contributed by atoms with Crippen molar-refractivity contribution in [2.24, 2.45) is 17.3 Å². The number of amides is 3. The van der Waals surface area contributed by atoms with Crippen LogP contribution in [0.25, 0.3) is 22.3 Å². The van der Waals surface area contributed by atoms with E-state index >= 15 is 4.79 Å². The van der Waals surface area contributed by atoms with Gasteiger partial charge in [0.1, 0.15) is 5.52 Å². The molecule has 0 unspecified atom stereocenters. The summed E-state index contributed by atoms with van der Waals surface area (Å²) in [6.07, 6.45) is 14.8. The molecule has 4 aromatic rings. The van der Waals surface area contributed by atoms with E-state index in [1.54, 1.807) is 7.05 Å². The molecule has 9 aliphatic rings. The van der Waals surface area contributed by atoms with Crippen molar-refractivity contribution in [2.75, 3.05) is 36.9 Å². The molecule has 2 saturated heterocycles. The van der Waals surface area contributed by atoms with Crippen LogP contribution in [-0.2, 0) is 15.0 Å². The molecule has 3 amide bonds. The Bertz CT molecular complexity index is 2370. The van der Waals surface area contributed by atoms with E-state index in [1.165, 1.54) is 25.8 Å². The van der Waals surface area contributed by atoms with Crippen molar-refractivity contribution in [3.05, 3.63) is 65.5 Å². The molecule has 2 aromatic carbocycles. The smallest absolute Gasteiger partial charge is 0.251 e. The number of aryl methyl sites for hydroxylation is 1. The Kier molecular flexibility index (Phi) is 7.30. The molecule has 1 spiro atoms. The number of aromatic nitrogens is 3. The number of nitrogens with zero attached hydrogens (tertiary/aromatic N) is 6. The third-order valence-corrected chi connectivity index (χ3v) is 15.9. The van der Waals surface area contributed by atoms with Crippen LogP contribution in [-0.4, -0.2) is 86.9 Å². The van der Waals surface area contributed by atoms with Crippen molar-refractivity contribution in [3.8, 4) is 11.3 Å². The number of likely N-dealkylation sites (tertiary alicyclic amines) is 2. The van der Waals surface area contributed by atoms with Crippen LogP contribution in [0.2, 0.25) is 0 Å². The van der Waals surface area contributed by atoms with Gasteiger partial charge >= 0.3 is 0 Å². The van der Waals surface area contributed by atoms with Crippen LogP contribution in [0.5, 0.6) is 0 Å². The molecule has 13 rings (SSSR count). The predicted molar refractivity (Wildman–Crippen MR) is 218 cm³/mol. The van der Waals surface area contributed by atoms with E-state index in [4.69, 9.17) is 9.97 Å². The van der Waals surface area contributed by atoms with Gasteiger partial charge in [0.2, 0.25) is 11.8 Å². The van der Waals surface area contributed by atoms with Gasteiger partial charge in [-0.3, -0.25) is 19.3 Å². The summed E-state index contributed by atoms with van der Waals surface area (Å²) >= 11 is 0. The van der Waals surface area contributed by atoms with Crippen LogP contribution in [0.3, 0.4) is 0 Å². The van der Waals surface area contributed by atoms with Gasteiger partial charge in [-0.25, -0.2) is 9.97 Å². The molecule has 5 heterocycles. The maximum atomic E-state index is 15.1. The van der Waals surface area contributed by atoms with E-state index < -0.39 is 5.41 Å². The number of pyridine rings is 1. The van der Waals surface area contributed by atoms with E-state index in [1.807, 2.05) is 31.5 Å². The lowest BCUT2D eigenvalue weighted by Gasteiger charge is -2.61. The SMILES string of the molecule is CNC(=O)c1cc(Nc2nc(-c3ccc4c(c3)N([C@H]3C[C@@H](N5C[C@H]6CC[C@@H]5C6)C3)C(=O)C43CCN(C(=O)C45CC(C4)C5)CC3)cc3ncn(C4CC4)c23)ccc1C. The van der Waals surface area contributed by atoms with Crippen LogP contribution in [0.1, 0.15) is 105 Å². The van der Waals surface area contributed by atoms with Crippen LogP contribution in [0, 0.1) is 24.2 Å². The minimum absolute atomic E-state index is 0.0914. The monoisotopic (exact) mass is 764 g/mol. The number of imidazole rings is 1. The number of nitrogens with one attached hydrogen (secondary N) is 2. The fourth-order valence-electron chi connectivity index (χ4n) is 12.4. The van der Waals surface area contributed by atoms with Gasteiger partial charge in [0.05, 0.1) is 28.4 Å². The normalized spacial score (nSPS) is 30.6. The predicted octanol–water partition coefficient (Wildman–Crippen LogP) is 6.87. The van der Waals surface area contributed by atoms with Gasteiger partial charge in [0.15, 0.2) is 5.82 Å². The maximum absolute atomic E-state index is 15.1. The number of fused-ring (bicyclic) bond motifs is 5. The molecule has 4 bridgehead atoms. The molecule has 11 nitrogen and oxygen atoms in total. The number of hydrogen-bond donors (Lipinski definition) is 2. The molecule has 2 aromatic heterocycles. The highest BCUT2D eigenvalue weighted by Crippen LogP contribution is 2.65. The first-order valence-corrected chi connectivity index (χ1v) is 21.7. The standard InChI is InChI=1S/C46H52N8O3/c1-26-3-6-30(17-35(26)42(55)47-2)49-41-40-38(48-25-53(40)31-8-9-31)20-37(50-41)29-5-10-36-39(16-29)54(34-18-33(19-34)52-24-27-4-7-32(52)15-27)44(57)46(36)11-13-51(14-12-46)43(56)45-21-28(22-45)23-45/h3,5-6,10,16-17,20,25,27-28,31-34H,4,7-9,11-15,18-19,21-24H2,1-2H3,(H,47,55)(H,49,50)/t27-,28?,32+,33-,34+,45?/m0/s1. The van der Waals surface area contributed by atoms with Gasteiger partial charge in [-0.2, -0.15) is 0 Å². The summed E-state index contributed by atoms with van der Waals surface area (Å²) in [4.78, 5) is 58.7. The maximum Gasteiger partial charge on any atom is 0.251 e. The van der Waals surface area contributed by atoms with Crippen molar-refractivity contribution in [2.45, 2.75) is 114 Å². The zero-order valence-electron chi connectivity index (χ0n) is 33.1. The molecule has 11 heteroatoms. The largest absolute Gasteiger partial charge is 0.355 e. The minimum atomic E-state index is -0.608. The third kappa shape index (κ3) is 5.02. The van der Waals surface area contributed by atoms with Gasteiger partial charge in [-0.15, -0.1) is 0 Å². The summed E-state index contributed by atoms with van der Waals surface area (Å²) in [6, 6.07) is 16.4. The molecule has 6 saturated carbocycles. The zero-order valence-corrected chi connectivity index (χ0v) is 33.1. The Morgan fingerprint density at radius 3 is 2.33 bits per heavy atom. The number of hydrogen-bond acceptors (Lipinski definition) is 7. The highest BCUT2D eigenvalue weighted by atomic mass is 16.2. The van der Waals surface area contributed by atoms with Crippen LogP contribution in [0.15, 0.2) is 48.8 Å². The second kappa shape index (κ2) is 12.1. The van der Waals surface area contributed by atoms with E-state index in [0.29, 0.717) is 55.3 Å². The minimum Gasteiger partial charge on any atom is -0.355 e. The van der Waals surface area contributed by atoms with Gasteiger partial charge in [0.25, 0.3) is 5.91 Å². The van der Waals surface area contributed by atoms with E-state index in [-0.39, 0.29) is 23.3 Å². The second-order valence-electron chi connectivity index (χ2n) is 19.2. The number of carbonyl (C=O) groups excluding carboxylic acids is 3. The molecule has 2 atom stereocenters. The summed E-state index contributed by atoms with van der Waals surface area (Å²) in [5.74, 6) is 2.77. The van der Waals surface area contributed by atoms with Gasteiger partial charge in [0, 0.05) is 73.4 Å². The van der Waals surface area contributed by atoms with Crippen LogP contribution < -0.4 is 15.5 Å². The molecular weight excluding hydrogens is 713 g/mol. The second-order valence-corrected chi connectivity index (χ2v) is 19.2. The molecule has 2 N–H and O–H groups in total. The number of anilines is 3. The molecular formula is C46H52N8O3. The molecule has 294 valence electrons. The molecule has 6 aliphatic carbocycles. The van der Waals surface area contributed by atoms with Crippen molar-refractivity contribution in [1.29, 1.82) is 0 Å². The topological polar surface area (TPSA) is 116 Å². The zero-order chi connectivity index (χ0) is 38.4. The number of piperidine rings is 2. The summed E-state index contributed by atoms with van der Waals surface area (Å²) < 4.78 is 2.24. The molecule has 0 radical (unpaired) electrons. The van der Waals surface area contributed by atoms with Gasteiger partial charge in [-0.1, -0.05) is 18.2 Å². The highest BCUT2D eigenvalue weighted by Gasteiger charge is 2.63. The Morgan fingerprint density at radius 2 is 1.65 bits per heavy atom. The first-order chi connectivity index (χ1) is 27.7. The number of carbonyl (C=O) groups is 3. The first kappa shape index (κ1) is 34.3. The number of rotatable bonds is 8. The number of benzene rings is 2. The summed E-state index contributed by atoms with van der Waals surface area (Å²) in [5.41, 5.74) is 7.31.